The molecule has 0 fully saturated rings. The topological polar surface area (TPSA) is 34.1 Å². The second-order valence-corrected chi connectivity index (χ2v) is 6.17. The van der Waals surface area contributed by atoms with Crippen LogP contribution in [0.15, 0.2) is 70.5 Å². The lowest BCUT2D eigenvalue weighted by atomic mass is 9.97. The Kier molecular flexibility index (Phi) is 2.38. The van der Waals surface area contributed by atoms with Gasteiger partial charge in [-0.05, 0) is 23.6 Å². The van der Waals surface area contributed by atoms with E-state index in [1.54, 1.807) is 12.1 Å². The summed E-state index contributed by atoms with van der Waals surface area (Å²) in [6.07, 6.45) is 0. The van der Waals surface area contributed by atoms with Crippen molar-refractivity contribution in [3.05, 3.63) is 71.8 Å². The minimum atomic E-state index is -1.32. The SMILES string of the molecule is O=C1c2ccccc2S(=O)c2cccc3cccc1c23. The van der Waals surface area contributed by atoms with Gasteiger partial charge in [-0.15, -0.1) is 0 Å². The lowest BCUT2D eigenvalue weighted by Gasteiger charge is -2.05. The number of rotatable bonds is 0. The van der Waals surface area contributed by atoms with Crippen LogP contribution in [0.4, 0.5) is 0 Å². The predicted molar refractivity (Wildman–Crippen MR) is 78.5 cm³/mol. The van der Waals surface area contributed by atoms with Gasteiger partial charge in [-0.1, -0.05) is 42.5 Å². The Bertz CT molecular complexity index is 827. The third-order valence-electron chi connectivity index (χ3n) is 3.64. The molecule has 3 aromatic rings. The maximum atomic E-state index is 12.8. The molecule has 0 radical (unpaired) electrons. The molecule has 0 spiro atoms. The summed E-state index contributed by atoms with van der Waals surface area (Å²) in [5, 5.41) is 1.77. The molecule has 3 aromatic carbocycles. The van der Waals surface area contributed by atoms with Crippen LogP contribution < -0.4 is 0 Å². The van der Waals surface area contributed by atoms with Crippen LogP contribution >= 0.6 is 0 Å². The Morgan fingerprint density at radius 3 is 2.20 bits per heavy atom. The number of carbonyl (C=O) groups is 1. The second kappa shape index (κ2) is 4.12. The number of ketones is 1. The summed E-state index contributed by atoms with van der Waals surface area (Å²) >= 11 is 0. The molecule has 1 aliphatic rings. The van der Waals surface area contributed by atoms with E-state index >= 15 is 0 Å². The fourth-order valence-electron chi connectivity index (χ4n) is 2.73. The smallest absolute Gasteiger partial charge is 0.194 e. The van der Waals surface area contributed by atoms with E-state index < -0.39 is 10.8 Å². The maximum Gasteiger partial charge on any atom is 0.194 e. The Morgan fingerprint density at radius 2 is 1.35 bits per heavy atom. The van der Waals surface area contributed by atoms with Crippen molar-refractivity contribution < 1.29 is 9.00 Å². The van der Waals surface area contributed by atoms with Gasteiger partial charge in [-0.2, -0.15) is 0 Å². The first-order chi connectivity index (χ1) is 9.77. The van der Waals surface area contributed by atoms with E-state index in [9.17, 15) is 9.00 Å². The molecule has 3 heteroatoms. The Hall–Kier alpha value is -2.26. The summed E-state index contributed by atoms with van der Waals surface area (Å²) in [5.41, 5.74) is 1.17. The average Bonchev–Trinajstić information content (AvgIpc) is 2.60. The zero-order valence-corrected chi connectivity index (χ0v) is 11.3. The van der Waals surface area contributed by atoms with Gasteiger partial charge in [0.2, 0.25) is 0 Å². The third kappa shape index (κ3) is 1.44. The number of benzene rings is 3. The molecular weight excluding hydrogens is 268 g/mol. The van der Waals surface area contributed by atoms with Crippen LogP contribution in [-0.4, -0.2) is 9.99 Å². The van der Waals surface area contributed by atoms with Gasteiger partial charge >= 0.3 is 0 Å². The molecule has 96 valence electrons. The van der Waals surface area contributed by atoms with Crippen molar-refractivity contribution >= 4 is 27.4 Å². The predicted octanol–water partition coefficient (Wildman–Crippen LogP) is 3.55. The minimum absolute atomic E-state index is 0.0514. The molecule has 0 saturated carbocycles. The number of fused-ring (bicyclic) bond motifs is 1. The summed E-state index contributed by atoms with van der Waals surface area (Å²) in [6, 6.07) is 18.5. The normalized spacial score (nSPS) is 16.8. The molecule has 1 aliphatic heterocycles. The molecule has 4 rings (SSSR count). The molecule has 0 amide bonds. The Balaban J connectivity index is 2.24. The van der Waals surface area contributed by atoms with E-state index in [0.29, 0.717) is 16.0 Å². The highest BCUT2D eigenvalue weighted by atomic mass is 32.2. The highest BCUT2D eigenvalue weighted by Gasteiger charge is 2.26. The van der Waals surface area contributed by atoms with Gasteiger partial charge in [0, 0.05) is 16.5 Å². The van der Waals surface area contributed by atoms with E-state index in [1.807, 2.05) is 48.5 Å². The summed E-state index contributed by atoms with van der Waals surface area (Å²) < 4.78 is 12.8. The van der Waals surface area contributed by atoms with E-state index in [1.165, 1.54) is 0 Å². The van der Waals surface area contributed by atoms with E-state index in [2.05, 4.69) is 0 Å². The van der Waals surface area contributed by atoms with Crippen molar-refractivity contribution in [1.82, 2.24) is 0 Å². The highest BCUT2D eigenvalue weighted by Crippen LogP contribution is 2.34. The zero-order valence-electron chi connectivity index (χ0n) is 10.5. The van der Waals surface area contributed by atoms with Crippen molar-refractivity contribution in [3.8, 4) is 0 Å². The van der Waals surface area contributed by atoms with E-state index in [-0.39, 0.29) is 5.78 Å². The summed E-state index contributed by atoms with van der Waals surface area (Å²) in [5.74, 6) is -0.0514. The minimum Gasteiger partial charge on any atom is -0.289 e. The first kappa shape index (κ1) is 11.6. The van der Waals surface area contributed by atoms with Gasteiger partial charge in [-0.25, -0.2) is 4.21 Å². The molecule has 1 unspecified atom stereocenters. The van der Waals surface area contributed by atoms with Crippen LogP contribution in [0.2, 0.25) is 0 Å². The Morgan fingerprint density at radius 1 is 0.700 bits per heavy atom. The van der Waals surface area contributed by atoms with Crippen molar-refractivity contribution in [2.24, 2.45) is 0 Å². The van der Waals surface area contributed by atoms with Crippen molar-refractivity contribution in [2.75, 3.05) is 0 Å². The summed E-state index contributed by atoms with van der Waals surface area (Å²) in [4.78, 5) is 14.0. The molecule has 0 saturated heterocycles. The van der Waals surface area contributed by atoms with Crippen LogP contribution in [0.3, 0.4) is 0 Å². The van der Waals surface area contributed by atoms with Crippen LogP contribution in [-0.2, 0) is 10.8 Å². The fourth-order valence-corrected chi connectivity index (χ4v) is 4.14. The van der Waals surface area contributed by atoms with Gasteiger partial charge in [0.15, 0.2) is 5.78 Å². The van der Waals surface area contributed by atoms with Crippen LogP contribution in [0.1, 0.15) is 15.9 Å². The highest BCUT2D eigenvalue weighted by molar-refractivity contribution is 7.85. The number of carbonyl (C=O) groups excluding carboxylic acids is 1. The van der Waals surface area contributed by atoms with Gasteiger partial charge < -0.3 is 0 Å². The standard InChI is InChI=1S/C17H10O2S/c18-17-12-7-1-2-9-14(12)20(19)15-10-4-6-11-5-3-8-13(17)16(11)15/h1-10H. The number of hydrogen-bond acceptors (Lipinski definition) is 2. The lowest BCUT2D eigenvalue weighted by molar-refractivity contribution is 0.103. The molecule has 20 heavy (non-hydrogen) atoms. The first-order valence-corrected chi connectivity index (χ1v) is 7.49. The third-order valence-corrected chi connectivity index (χ3v) is 5.14. The monoisotopic (exact) mass is 278 g/mol. The van der Waals surface area contributed by atoms with Gasteiger partial charge in [0.25, 0.3) is 0 Å². The molecule has 0 N–H and O–H groups in total. The molecule has 0 bridgehead atoms. The molecule has 2 nitrogen and oxygen atoms in total. The molecule has 1 atom stereocenters. The van der Waals surface area contributed by atoms with Crippen molar-refractivity contribution in [1.29, 1.82) is 0 Å². The lowest BCUT2D eigenvalue weighted by Crippen LogP contribution is -2.03. The summed E-state index contributed by atoms with van der Waals surface area (Å²) in [6.45, 7) is 0. The van der Waals surface area contributed by atoms with Crippen LogP contribution in [0.5, 0.6) is 0 Å². The van der Waals surface area contributed by atoms with Crippen molar-refractivity contribution in [3.63, 3.8) is 0 Å². The largest absolute Gasteiger partial charge is 0.289 e. The molecular formula is C17H10O2S. The number of hydrogen-bond donors (Lipinski definition) is 0. The zero-order chi connectivity index (χ0) is 13.7. The molecule has 0 aliphatic carbocycles. The quantitative estimate of drug-likeness (QED) is 0.493. The first-order valence-electron chi connectivity index (χ1n) is 6.34. The maximum absolute atomic E-state index is 12.8. The fraction of sp³-hybridized carbons (Fsp3) is 0. The van der Waals surface area contributed by atoms with E-state index in [4.69, 9.17) is 0 Å². The molecule has 0 aromatic heterocycles. The van der Waals surface area contributed by atoms with E-state index in [0.717, 1.165) is 15.7 Å². The summed E-state index contributed by atoms with van der Waals surface area (Å²) in [7, 11) is -1.32. The van der Waals surface area contributed by atoms with Crippen LogP contribution in [0, 0.1) is 0 Å². The average molecular weight is 278 g/mol. The Labute approximate surface area is 118 Å². The second-order valence-electron chi connectivity index (χ2n) is 4.75. The van der Waals surface area contributed by atoms with Gasteiger partial charge in [0.05, 0.1) is 20.6 Å². The molecule has 1 heterocycles. The van der Waals surface area contributed by atoms with Gasteiger partial charge in [0.1, 0.15) is 0 Å². The van der Waals surface area contributed by atoms with Crippen molar-refractivity contribution in [2.45, 2.75) is 9.79 Å². The van der Waals surface area contributed by atoms with Crippen LogP contribution in [0.25, 0.3) is 10.8 Å². The van der Waals surface area contributed by atoms with Gasteiger partial charge in [-0.3, -0.25) is 4.79 Å².